The van der Waals surface area contributed by atoms with E-state index in [4.69, 9.17) is 4.74 Å². The largest absolute Gasteiger partial charge is 0.494 e. The molecule has 1 heterocycles. The van der Waals surface area contributed by atoms with Crippen LogP contribution in [-0.2, 0) is 6.54 Å². The highest BCUT2D eigenvalue weighted by Crippen LogP contribution is 2.20. The number of benzene rings is 2. The molecule has 0 aliphatic carbocycles. The van der Waals surface area contributed by atoms with Crippen molar-refractivity contribution in [2.45, 2.75) is 13.5 Å². The molecular weight excluding hydrogens is 260 g/mol. The Hall–Kier alpha value is -2.55. The van der Waals surface area contributed by atoms with Gasteiger partial charge in [0.05, 0.1) is 6.61 Å². The van der Waals surface area contributed by atoms with E-state index in [2.05, 4.69) is 34.6 Å². The molecule has 0 spiro atoms. The standard InChI is InChI=1S/C18H18N2O/c1-2-21-17-8-6-16(7-9-17)20-13-15-5-3-4-14-12-19-11-10-18(14)15/h3-12,20H,2,13H2,1H3. The molecule has 0 bridgehead atoms. The van der Waals surface area contributed by atoms with Crippen molar-refractivity contribution < 1.29 is 4.74 Å². The first-order valence-corrected chi connectivity index (χ1v) is 7.15. The molecule has 0 saturated carbocycles. The van der Waals surface area contributed by atoms with Crippen LogP contribution in [0, 0.1) is 0 Å². The van der Waals surface area contributed by atoms with Crippen molar-refractivity contribution in [1.29, 1.82) is 0 Å². The second-order valence-electron chi connectivity index (χ2n) is 4.82. The van der Waals surface area contributed by atoms with Crippen LogP contribution in [-0.4, -0.2) is 11.6 Å². The van der Waals surface area contributed by atoms with Gasteiger partial charge in [-0.05, 0) is 48.2 Å². The molecule has 1 aromatic heterocycles. The van der Waals surface area contributed by atoms with E-state index in [0.29, 0.717) is 6.61 Å². The zero-order valence-corrected chi connectivity index (χ0v) is 12.0. The van der Waals surface area contributed by atoms with E-state index in [0.717, 1.165) is 18.0 Å². The summed E-state index contributed by atoms with van der Waals surface area (Å²) in [6, 6.07) is 16.4. The predicted octanol–water partition coefficient (Wildman–Crippen LogP) is 4.25. The summed E-state index contributed by atoms with van der Waals surface area (Å²) in [5, 5.41) is 5.86. The molecule has 0 amide bonds. The lowest BCUT2D eigenvalue weighted by Gasteiger charge is -2.10. The monoisotopic (exact) mass is 278 g/mol. The molecule has 106 valence electrons. The molecule has 0 radical (unpaired) electrons. The molecular formula is C18H18N2O. The fraction of sp³-hybridized carbons (Fsp3) is 0.167. The van der Waals surface area contributed by atoms with E-state index in [1.165, 1.54) is 16.3 Å². The summed E-state index contributed by atoms with van der Waals surface area (Å²) in [7, 11) is 0. The fourth-order valence-electron chi connectivity index (χ4n) is 2.38. The van der Waals surface area contributed by atoms with Crippen molar-refractivity contribution in [3.63, 3.8) is 0 Å². The van der Waals surface area contributed by atoms with Crippen LogP contribution in [0.3, 0.4) is 0 Å². The summed E-state index contributed by atoms with van der Waals surface area (Å²) in [6.45, 7) is 3.47. The van der Waals surface area contributed by atoms with Crippen LogP contribution >= 0.6 is 0 Å². The van der Waals surface area contributed by atoms with Gasteiger partial charge in [0.25, 0.3) is 0 Å². The number of nitrogens with zero attached hydrogens (tertiary/aromatic N) is 1. The smallest absolute Gasteiger partial charge is 0.119 e. The van der Waals surface area contributed by atoms with Crippen molar-refractivity contribution in [2.75, 3.05) is 11.9 Å². The summed E-state index contributed by atoms with van der Waals surface area (Å²) in [5.74, 6) is 0.902. The average molecular weight is 278 g/mol. The van der Waals surface area contributed by atoms with Crippen LogP contribution in [0.25, 0.3) is 10.8 Å². The SMILES string of the molecule is CCOc1ccc(NCc2cccc3cnccc23)cc1. The van der Waals surface area contributed by atoms with Gasteiger partial charge in [-0.1, -0.05) is 18.2 Å². The van der Waals surface area contributed by atoms with Crippen LogP contribution < -0.4 is 10.1 Å². The maximum atomic E-state index is 5.45. The van der Waals surface area contributed by atoms with Crippen molar-refractivity contribution in [3.05, 3.63) is 66.5 Å². The third-order valence-electron chi connectivity index (χ3n) is 3.42. The minimum atomic E-state index is 0.691. The molecule has 0 aliphatic heterocycles. The highest BCUT2D eigenvalue weighted by molar-refractivity contribution is 5.84. The Kier molecular flexibility index (Phi) is 4.01. The van der Waals surface area contributed by atoms with Crippen LogP contribution in [0.15, 0.2) is 60.9 Å². The zero-order chi connectivity index (χ0) is 14.5. The number of hydrogen-bond acceptors (Lipinski definition) is 3. The first kappa shape index (κ1) is 13.4. The minimum Gasteiger partial charge on any atom is -0.494 e. The van der Waals surface area contributed by atoms with Gasteiger partial charge in [-0.3, -0.25) is 4.98 Å². The van der Waals surface area contributed by atoms with Crippen molar-refractivity contribution >= 4 is 16.5 Å². The lowest BCUT2D eigenvalue weighted by molar-refractivity contribution is 0.340. The summed E-state index contributed by atoms with van der Waals surface area (Å²) < 4.78 is 5.45. The Bertz CT molecular complexity index is 717. The molecule has 0 unspecified atom stereocenters. The van der Waals surface area contributed by atoms with Gasteiger partial charge < -0.3 is 10.1 Å². The van der Waals surface area contributed by atoms with Gasteiger partial charge in [0.1, 0.15) is 5.75 Å². The van der Waals surface area contributed by atoms with E-state index in [9.17, 15) is 0 Å². The maximum absolute atomic E-state index is 5.45. The second-order valence-corrected chi connectivity index (χ2v) is 4.82. The molecule has 0 saturated heterocycles. The number of ether oxygens (including phenoxy) is 1. The molecule has 21 heavy (non-hydrogen) atoms. The van der Waals surface area contributed by atoms with Crippen LogP contribution in [0.4, 0.5) is 5.69 Å². The van der Waals surface area contributed by atoms with E-state index < -0.39 is 0 Å². The van der Waals surface area contributed by atoms with Crippen LogP contribution in [0.5, 0.6) is 5.75 Å². The first-order chi connectivity index (χ1) is 10.4. The van der Waals surface area contributed by atoms with E-state index in [1.54, 1.807) is 0 Å². The minimum absolute atomic E-state index is 0.691. The Balaban J connectivity index is 1.74. The van der Waals surface area contributed by atoms with Gasteiger partial charge in [-0.25, -0.2) is 0 Å². The van der Waals surface area contributed by atoms with Gasteiger partial charge in [0, 0.05) is 30.0 Å². The number of hydrogen-bond donors (Lipinski definition) is 1. The van der Waals surface area contributed by atoms with Crippen LogP contribution in [0.1, 0.15) is 12.5 Å². The van der Waals surface area contributed by atoms with Gasteiger partial charge >= 0.3 is 0 Å². The highest BCUT2D eigenvalue weighted by atomic mass is 16.5. The Morgan fingerprint density at radius 3 is 2.71 bits per heavy atom. The topological polar surface area (TPSA) is 34.1 Å². The van der Waals surface area contributed by atoms with Gasteiger partial charge in [-0.2, -0.15) is 0 Å². The third kappa shape index (κ3) is 3.14. The van der Waals surface area contributed by atoms with Crippen molar-refractivity contribution in [2.24, 2.45) is 0 Å². The van der Waals surface area contributed by atoms with Gasteiger partial charge in [0.2, 0.25) is 0 Å². The predicted molar refractivity (Wildman–Crippen MR) is 86.7 cm³/mol. The molecule has 0 atom stereocenters. The molecule has 3 nitrogen and oxygen atoms in total. The zero-order valence-electron chi connectivity index (χ0n) is 12.0. The quantitative estimate of drug-likeness (QED) is 0.757. The molecule has 3 heteroatoms. The molecule has 3 aromatic rings. The lowest BCUT2D eigenvalue weighted by Crippen LogP contribution is -2.00. The molecule has 2 aromatic carbocycles. The summed E-state index contributed by atoms with van der Waals surface area (Å²) >= 11 is 0. The van der Waals surface area contributed by atoms with E-state index in [-0.39, 0.29) is 0 Å². The molecule has 3 rings (SSSR count). The third-order valence-corrected chi connectivity index (χ3v) is 3.42. The Labute approximate surface area is 124 Å². The Morgan fingerprint density at radius 2 is 1.90 bits per heavy atom. The number of pyridine rings is 1. The van der Waals surface area contributed by atoms with Crippen LogP contribution in [0.2, 0.25) is 0 Å². The fourth-order valence-corrected chi connectivity index (χ4v) is 2.38. The highest BCUT2D eigenvalue weighted by Gasteiger charge is 2.01. The summed E-state index contributed by atoms with van der Waals surface area (Å²) in [5.41, 5.74) is 2.35. The van der Waals surface area contributed by atoms with Crippen molar-refractivity contribution in [1.82, 2.24) is 4.98 Å². The summed E-state index contributed by atoms with van der Waals surface area (Å²) in [4.78, 5) is 4.17. The Morgan fingerprint density at radius 1 is 1.05 bits per heavy atom. The normalized spacial score (nSPS) is 10.5. The average Bonchev–Trinajstić information content (AvgIpc) is 2.54. The second kappa shape index (κ2) is 6.27. The van der Waals surface area contributed by atoms with E-state index >= 15 is 0 Å². The molecule has 0 fully saturated rings. The number of anilines is 1. The summed E-state index contributed by atoms with van der Waals surface area (Å²) in [6.07, 6.45) is 3.73. The number of nitrogens with one attached hydrogen (secondary N) is 1. The number of fused-ring (bicyclic) bond motifs is 1. The maximum Gasteiger partial charge on any atom is 0.119 e. The first-order valence-electron chi connectivity index (χ1n) is 7.15. The van der Waals surface area contributed by atoms with Gasteiger partial charge in [0.15, 0.2) is 0 Å². The number of aromatic nitrogens is 1. The van der Waals surface area contributed by atoms with Gasteiger partial charge in [-0.15, -0.1) is 0 Å². The van der Waals surface area contributed by atoms with E-state index in [1.807, 2.05) is 43.6 Å². The number of rotatable bonds is 5. The lowest BCUT2D eigenvalue weighted by atomic mass is 10.1. The molecule has 1 N–H and O–H groups in total. The van der Waals surface area contributed by atoms with Crippen molar-refractivity contribution in [3.8, 4) is 5.75 Å². The molecule has 0 aliphatic rings.